The van der Waals surface area contributed by atoms with Crippen molar-refractivity contribution in [3.8, 4) is 0 Å². The van der Waals surface area contributed by atoms with Crippen LogP contribution in [0.3, 0.4) is 0 Å². The van der Waals surface area contributed by atoms with E-state index >= 15 is 0 Å². The second-order valence-corrected chi connectivity index (χ2v) is 3.43. The Labute approximate surface area is 73.2 Å². The third-order valence-corrected chi connectivity index (χ3v) is 2.36. The van der Waals surface area contributed by atoms with Gasteiger partial charge >= 0.3 is 0 Å². The van der Waals surface area contributed by atoms with E-state index in [0.29, 0.717) is 25.3 Å². The number of hydrogen-bond donors (Lipinski definition) is 2. The third-order valence-electron chi connectivity index (χ3n) is 2.36. The van der Waals surface area contributed by atoms with Crippen LogP contribution in [0.25, 0.3) is 0 Å². The molecule has 0 heterocycles. The quantitative estimate of drug-likeness (QED) is 0.597. The summed E-state index contributed by atoms with van der Waals surface area (Å²) in [6.45, 7) is 0.770. The van der Waals surface area contributed by atoms with E-state index in [1.807, 2.05) is 0 Å². The minimum atomic E-state index is 0.146. The summed E-state index contributed by atoms with van der Waals surface area (Å²) in [5, 5.41) is 11.3. The molecule has 0 spiro atoms. The molecule has 1 saturated carbocycles. The monoisotopic (exact) mass is 171 g/mol. The number of amides is 1. The van der Waals surface area contributed by atoms with Crippen LogP contribution in [0.4, 0.5) is 0 Å². The molecule has 0 saturated heterocycles. The summed E-state index contributed by atoms with van der Waals surface area (Å²) in [7, 11) is 0. The van der Waals surface area contributed by atoms with Gasteiger partial charge in [0.2, 0.25) is 5.91 Å². The van der Waals surface area contributed by atoms with Gasteiger partial charge in [0, 0.05) is 19.6 Å². The molecule has 0 unspecified atom stereocenters. The van der Waals surface area contributed by atoms with Crippen LogP contribution < -0.4 is 5.32 Å². The van der Waals surface area contributed by atoms with Gasteiger partial charge in [0.1, 0.15) is 0 Å². The summed E-state index contributed by atoms with van der Waals surface area (Å²) in [4.78, 5) is 11.1. The molecule has 1 fully saturated rings. The van der Waals surface area contributed by atoms with Crippen LogP contribution in [-0.2, 0) is 4.79 Å². The first-order valence-corrected chi connectivity index (χ1v) is 4.70. The van der Waals surface area contributed by atoms with Gasteiger partial charge in [0.05, 0.1) is 0 Å². The summed E-state index contributed by atoms with van der Waals surface area (Å²) in [5.74, 6) is 0.785. The zero-order valence-corrected chi connectivity index (χ0v) is 7.38. The fourth-order valence-electron chi connectivity index (χ4n) is 1.34. The lowest BCUT2D eigenvalue weighted by atomic mass is 9.83. The number of nitrogens with one attached hydrogen (secondary N) is 1. The van der Waals surface area contributed by atoms with Gasteiger partial charge in [-0.1, -0.05) is 6.42 Å². The van der Waals surface area contributed by atoms with Gasteiger partial charge in [-0.2, -0.15) is 0 Å². The highest BCUT2D eigenvalue weighted by atomic mass is 16.3. The summed E-state index contributed by atoms with van der Waals surface area (Å²) >= 11 is 0. The second-order valence-electron chi connectivity index (χ2n) is 3.43. The van der Waals surface area contributed by atoms with Gasteiger partial charge in [0.25, 0.3) is 0 Å². The predicted octanol–water partition coefficient (Wildman–Crippen LogP) is 0.675. The van der Waals surface area contributed by atoms with Crippen molar-refractivity contribution < 1.29 is 9.90 Å². The number of rotatable bonds is 5. The van der Waals surface area contributed by atoms with E-state index in [2.05, 4.69) is 5.32 Å². The number of hydrogen-bond acceptors (Lipinski definition) is 2. The maximum atomic E-state index is 11.1. The summed E-state index contributed by atoms with van der Waals surface area (Å²) in [6.07, 6.45) is 5.07. The number of carbonyl (C=O) groups excluding carboxylic acids is 1. The van der Waals surface area contributed by atoms with E-state index in [0.717, 1.165) is 0 Å². The molecule has 0 aromatic carbocycles. The SMILES string of the molecule is O=C(CC1CCC1)NCCCO. The topological polar surface area (TPSA) is 49.3 Å². The van der Waals surface area contributed by atoms with Crippen LogP contribution in [0.5, 0.6) is 0 Å². The van der Waals surface area contributed by atoms with E-state index < -0.39 is 0 Å². The smallest absolute Gasteiger partial charge is 0.220 e. The van der Waals surface area contributed by atoms with Crippen LogP contribution in [0, 0.1) is 5.92 Å². The molecular formula is C9H17NO2. The van der Waals surface area contributed by atoms with Gasteiger partial charge in [-0.05, 0) is 25.2 Å². The molecule has 1 rings (SSSR count). The lowest BCUT2D eigenvalue weighted by molar-refractivity contribution is -0.122. The molecule has 1 aliphatic carbocycles. The Balaban J connectivity index is 1.95. The van der Waals surface area contributed by atoms with E-state index in [4.69, 9.17) is 5.11 Å². The molecule has 2 N–H and O–H groups in total. The van der Waals surface area contributed by atoms with E-state index in [1.54, 1.807) is 0 Å². The number of aliphatic hydroxyl groups is 1. The van der Waals surface area contributed by atoms with Crippen molar-refractivity contribution >= 4 is 5.91 Å². The van der Waals surface area contributed by atoms with Crippen molar-refractivity contribution in [3.63, 3.8) is 0 Å². The Morgan fingerprint density at radius 1 is 1.50 bits per heavy atom. The van der Waals surface area contributed by atoms with E-state index in [9.17, 15) is 4.79 Å². The fraction of sp³-hybridized carbons (Fsp3) is 0.889. The van der Waals surface area contributed by atoms with Crippen LogP contribution in [-0.4, -0.2) is 24.2 Å². The molecule has 70 valence electrons. The van der Waals surface area contributed by atoms with E-state index in [-0.39, 0.29) is 12.5 Å². The standard InChI is InChI=1S/C9H17NO2/c11-6-2-5-10-9(12)7-8-3-1-4-8/h8,11H,1-7H2,(H,10,12). The highest BCUT2D eigenvalue weighted by Gasteiger charge is 2.19. The van der Waals surface area contributed by atoms with Gasteiger partial charge in [0.15, 0.2) is 0 Å². The normalized spacial score (nSPS) is 17.1. The number of carbonyl (C=O) groups is 1. The molecule has 0 radical (unpaired) electrons. The van der Waals surface area contributed by atoms with Crippen LogP contribution in [0.15, 0.2) is 0 Å². The van der Waals surface area contributed by atoms with Gasteiger partial charge in [-0.3, -0.25) is 4.79 Å². The molecular weight excluding hydrogens is 154 g/mol. The first-order chi connectivity index (χ1) is 5.83. The van der Waals surface area contributed by atoms with Crippen molar-refractivity contribution in [2.24, 2.45) is 5.92 Å². The lowest BCUT2D eigenvalue weighted by Gasteiger charge is -2.24. The maximum absolute atomic E-state index is 11.1. The summed E-state index contributed by atoms with van der Waals surface area (Å²) < 4.78 is 0. The molecule has 12 heavy (non-hydrogen) atoms. The highest BCUT2D eigenvalue weighted by molar-refractivity contribution is 5.76. The number of aliphatic hydroxyl groups excluding tert-OH is 1. The molecule has 0 aromatic rings. The van der Waals surface area contributed by atoms with Gasteiger partial charge in [-0.25, -0.2) is 0 Å². The molecule has 3 nitrogen and oxygen atoms in total. The van der Waals surface area contributed by atoms with Crippen molar-refractivity contribution in [2.75, 3.05) is 13.2 Å². The Kier molecular flexibility index (Phi) is 4.08. The molecule has 1 aliphatic rings. The van der Waals surface area contributed by atoms with Crippen LogP contribution >= 0.6 is 0 Å². The Bertz CT molecular complexity index is 143. The molecule has 1 amide bonds. The van der Waals surface area contributed by atoms with Crippen LogP contribution in [0.2, 0.25) is 0 Å². The molecule has 0 bridgehead atoms. The van der Waals surface area contributed by atoms with Gasteiger partial charge < -0.3 is 10.4 Å². The molecule has 0 aromatic heterocycles. The van der Waals surface area contributed by atoms with E-state index in [1.165, 1.54) is 19.3 Å². The first-order valence-electron chi connectivity index (χ1n) is 4.70. The Hall–Kier alpha value is -0.570. The predicted molar refractivity (Wildman–Crippen MR) is 46.7 cm³/mol. The minimum absolute atomic E-state index is 0.146. The van der Waals surface area contributed by atoms with Gasteiger partial charge in [-0.15, -0.1) is 0 Å². The largest absolute Gasteiger partial charge is 0.396 e. The fourth-order valence-corrected chi connectivity index (χ4v) is 1.34. The average molecular weight is 171 g/mol. The molecule has 0 aliphatic heterocycles. The molecule has 0 atom stereocenters. The van der Waals surface area contributed by atoms with Crippen molar-refractivity contribution in [1.29, 1.82) is 0 Å². The third kappa shape index (κ3) is 3.22. The maximum Gasteiger partial charge on any atom is 0.220 e. The summed E-state index contributed by atoms with van der Waals surface area (Å²) in [5.41, 5.74) is 0. The summed E-state index contributed by atoms with van der Waals surface area (Å²) in [6, 6.07) is 0. The average Bonchev–Trinajstić information content (AvgIpc) is 1.98. The molecule has 3 heteroatoms. The Morgan fingerprint density at radius 3 is 2.75 bits per heavy atom. The van der Waals surface area contributed by atoms with Crippen molar-refractivity contribution in [3.05, 3.63) is 0 Å². The zero-order chi connectivity index (χ0) is 8.81. The Morgan fingerprint density at radius 2 is 2.25 bits per heavy atom. The minimum Gasteiger partial charge on any atom is -0.396 e. The first kappa shape index (κ1) is 9.52. The van der Waals surface area contributed by atoms with Crippen LogP contribution in [0.1, 0.15) is 32.1 Å². The highest BCUT2D eigenvalue weighted by Crippen LogP contribution is 2.28. The lowest BCUT2D eigenvalue weighted by Crippen LogP contribution is -2.28. The second kappa shape index (κ2) is 5.14. The van der Waals surface area contributed by atoms with Crippen molar-refractivity contribution in [1.82, 2.24) is 5.32 Å². The van der Waals surface area contributed by atoms with Crippen molar-refractivity contribution in [2.45, 2.75) is 32.1 Å². The zero-order valence-electron chi connectivity index (χ0n) is 7.38.